The molecule has 0 spiro atoms. The number of nitrogens with one attached hydrogen (secondary N) is 1. The number of nitrogens with zero attached hydrogens (tertiary/aromatic N) is 1. The second-order valence-electron chi connectivity index (χ2n) is 9.65. The van der Waals surface area contributed by atoms with Crippen molar-refractivity contribution in [3.05, 3.63) is 53.1 Å². The minimum absolute atomic E-state index is 0.00136. The van der Waals surface area contributed by atoms with Gasteiger partial charge in [-0.15, -0.1) is 0 Å². The van der Waals surface area contributed by atoms with E-state index in [2.05, 4.69) is 10.2 Å². The maximum atomic E-state index is 12.9. The van der Waals surface area contributed by atoms with Crippen molar-refractivity contribution in [2.75, 3.05) is 46.0 Å². The molecule has 2 unspecified atom stereocenters. The SMILES string of the molecule is Cc1ccc(C(=O)NCC2CCN(CCCCOc3ccc(C(=O)O)cc3)CC2O)c2c1OCCCO2. The van der Waals surface area contributed by atoms with E-state index in [0.29, 0.717) is 55.7 Å². The largest absolute Gasteiger partial charge is 0.494 e. The Morgan fingerprint density at radius 1 is 1.08 bits per heavy atom. The molecule has 2 aliphatic rings. The molecule has 2 aliphatic heterocycles. The molecule has 0 radical (unpaired) electrons. The first-order valence-electron chi connectivity index (χ1n) is 13.0. The molecule has 2 heterocycles. The van der Waals surface area contributed by atoms with Crippen LogP contribution in [0.2, 0.25) is 0 Å². The maximum absolute atomic E-state index is 12.9. The Kier molecular flexibility index (Phi) is 9.24. The van der Waals surface area contributed by atoms with Crippen molar-refractivity contribution in [1.82, 2.24) is 10.2 Å². The van der Waals surface area contributed by atoms with Gasteiger partial charge in [0.2, 0.25) is 0 Å². The monoisotopic (exact) mass is 512 g/mol. The summed E-state index contributed by atoms with van der Waals surface area (Å²) in [5.74, 6) is 0.632. The molecule has 9 nitrogen and oxygen atoms in total. The summed E-state index contributed by atoms with van der Waals surface area (Å²) in [7, 11) is 0. The Morgan fingerprint density at radius 2 is 1.84 bits per heavy atom. The van der Waals surface area contributed by atoms with Crippen LogP contribution in [0.4, 0.5) is 0 Å². The molecular weight excluding hydrogens is 476 g/mol. The van der Waals surface area contributed by atoms with Crippen LogP contribution in [0.15, 0.2) is 36.4 Å². The van der Waals surface area contributed by atoms with Gasteiger partial charge in [0, 0.05) is 25.4 Å². The Hall–Kier alpha value is -3.30. The Morgan fingerprint density at radius 3 is 2.57 bits per heavy atom. The number of aliphatic hydroxyl groups is 1. The zero-order valence-corrected chi connectivity index (χ0v) is 21.3. The summed E-state index contributed by atoms with van der Waals surface area (Å²) in [4.78, 5) is 26.1. The number of hydrogen-bond acceptors (Lipinski definition) is 7. The quantitative estimate of drug-likeness (QED) is 0.416. The third-order valence-corrected chi connectivity index (χ3v) is 6.90. The average molecular weight is 513 g/mol. The van der Waals surface area contributed by atoms with Crippen LogP contribution in [0.5, 0.6) is 17.2 Å². The van der Waals surface area contributed by atoms with Crippen molar-refractivity contribution >= 4 is 11.9 Å². The number of piperidine rings is 1. The van der Waals surface area contributed by atoms with Gasteiger partial charge < -0.3 is 34.6 Å². The molecule has 2 aromatic rings. The van der Waals surface area contributed by atoms with Gasteiger partial charge in [-0.3, -0.25) is 4.79 Å². The maximum Gasteiger partial charge on any atom is 0.335 e. The van der Waals surface area contributed by atoms with E-state index in [1.807, 2.05) is 13.0 Å². The fraction of sp³-hybridized carbons (Fsp3) is 0.500. The molecule has 0 aromatic heterocycles. The highest BCUT2D eigenvalue weighted by atomic mass is 16.5. The second kappa shape index (κ2) is 12.8. The van der Waals surface area contributed by atoms with Gasteiger partial charge in [-0.05, 0) is 75.2 Å². The number of carbonyl (C=O) groups is 2. The first kappa shape index (κ1) is 26.8. The van der Waals surface area contributed by atoms with Gasteiger partial charge in [0.15, 0.2) is 11.5 Å². The van der Waals surface area contributed by atoms with Gasteiger partial charge in [0.25, 0.3) is 5.91 Å². The molecule has 0 saturated carbocycles. The van der Waals surface area contributed by atoms with E-state index in [9.17, 15) is 14.7 Å². The number of hydrogen-bond donors (Lipinski definition) is 3. The molecule has 1 amide bonds. The number of fused-ring (bicyclic) bond motifs is 1. The molecule has 4 rings (SSSR count). The molecule has 9 heteroatoms. The summed E-state index contributed by atoms with van der Waals surface area (Å²) < 4.78 is 17.3. The number of benzene rings is 2. The van der Waals surface area contributed by atoms with Crippen LogP contribution in [0.3, 0.4) is 0 Å². The van der Waals surface area contributed by atoms with Gasteiger partial charge in [-0.2, -0.15) is 0 Å². The predicted octanol–water partition coefficient (Wildman–Crippen LogP) is 3.13. The Labute approximate surface area is 217 Å². The Balaban J connectivity index is 1.16. The minimum Gasteiger partial charge on any atom is -0.494 e. The number of likely N-dealkylation sites (tertiary alicyclic amines) is 1. The lowest BCUT2D eigenvalue weighted by Crippen LogP contribution is -2.47. The highest BCUT2D eigenvalue weighted by Crippen LogP contribution is 2.36. The van der Waals surface area contributed by atoms with Crippen molar-refractivity contribution in [2.45, 2.75) is 38.7 Å². The molecule has 3 N–H and O–H groups in total. The number of rotatable bonds is 10. The van der Waals surface area contributed by atoms with E-state index in [1.54, 1.807) is 18.2 Å². The average Bonchev–Trinajstić information content (AvgIpc) is 3.15. The summed E-state index contributed by atoms with van der Waals surface area (Å²) in [5.41, 5.74) is 1.65. The summed E-state index contributed by atoms with van der Waals surface area (Å²) in [6.07, 6.45) is 2.86. The van der Waals surface area contributed by atoms with Gasteiger partial charge in [-0.1, -0.05) is 6.07 Å². The van der Waals surface area contributed by atoms with Crippen LogP contribution in [-0.4, -0.2) is 79.1 Å². The van der Waals surface area contributed by atoms with Crippen LogP contribution in [0.25, 0.3) is 0 Å². The van der Waals surface area contributed by atoms with Crippen LogP contribution in [0.1, 0.15) is 52.0 Å². The van der Waals surface area contributed by atoms with Crippen molar-refractivity contribution < 1.29 is 34.0 Å². The van der Waals surface area contributed by atoms with E-state index in [0.717, 1.165) is 44.3 Å². The van der Waals surface area contributed by atoms with Gasteiger partial charge >= 0.3 is 5.97 Å². The number of carboxylic acids is 1. The van der Waals surface area contributed by atoms with E-state index >= 15 is 0 Å². The molecule has 2 aromatic carbocycles. The molecule has 1 fully saturated rings. The zero-order chi connectivity index (χ0) is 26.2. The molecule has 1 saturated heterocycles. The third kappa shape index (κ3) is 7.14. The van der Waals surface area contributed by atoms with E-state index in [-0.39, 0.29) is 17.4 Å². The molecular formula is C28H36N2O7. The Bertz CT molecular complexity index is 1070. The number of unbranched alkanes of at least 4 members (excludes halogenated alkanes) is 1. The molecule has 0 aliphatic carbocycles. The lowest BCUT2D eigenvalue weighted by molar-refractivity contribution is 0.0213. The standard InChI is InChI=1S/C28H36N2O7/c1-19-5-10-23(26-25(19)36-15-4-16-37-26)27(32)29-17-21-11-13-30(18-24(21)31)12-2-3-14-35-22-8-6-20(7-9-22)28(33)34/h5-10,21,24,31H,2-4,11-18H2,1H3,(H,29,32)(H,33,34). The number of aryl methyl sites for hydroxylation is 1. The summed E-state index contributed by atoms with van der Waals surface area (Å²) in [6.45, 7) is 6.29. The molecule has 2 atom stereocenters. The van der Waals surface area contributed by atoms with E-state index in [1.165, 1.54) is 12.1 Å². The molecule has 37 heavy (non-hydrogen) atoms. The first-order valence-corrected chi connectivity index (χ1v) is 13.0. The molecule has 0 bridgehead atoms. The van der Waals surface area contributed by atoms with Crippen molar-refractivity contribution in [3.63, 3.8) is 0 Å². The van der Waals surface area contributed by atoms with Crippen LogP contribution >= 0.6 is 0 Å². The highest BCUT2D eigenvalue weighted by Gasteiger charge is 2.28. The molecule has 200 valence electrons. The summed E-state index contributed by atoms with van der Waals surface area (Å²) in [5, 5.41) is 22.6. The normalized spacial score (nSPS) is 19.6. The fourth-order valence-corrected chi connectivity index (χ4v) is 4.70. The predicted molar refractivity (Wildman–Crippen MR) is 138 cm³/mol. The highest BCUT2D eigenvalue weighted by molar-refractivity contribution is 5.98. The fourth-order valence-electron chi connectivity index (χ4n) is 4.70. The van der Waals surface area contributed by atoms with Gasteiger partial charge in [-0.25, -0.2) is 4.79 Å². The van der Waals surface area contributed by atoms with Crippen molar-refractivity contribution in [3.8, 4) is 17.2 Å². The summed E-state index contributed by atoms with van der Waals surface area (Å²) >= 11 is 0. The topological polar surface area (TPSA) is 118 Å². The third-order valence-electron chi connectivity index (χ3n) is 6.90. The second-order valence-corrected chi connectivity index (χ2v) is 9.65. The minimum atomic E-state index is -0.954. The summed E-state index contributed by atoms with van der Waals surface area (Å²) in [6, 6.07) is 10.0. The van der Waals surface area contributed by atoms with Crippen molar-refractivity contribution in [1.29, 1.82) is 0 Å². The number of aromatic carboxylic acids is 1. The lowest BCUT2D eigenvalue weighted by Gasteiger charge is -2.36. The number of amides is 1. The van der Waals surface area contributed by atoms with Crippen molar-refractivity contribution in [2.24, 2.45) is 5.92 Å². The zero-order valence-electron chi connectivity index (χ0n) is 21.3. The van der Waals surface area contributed by atoms with Gasteiger partial charge in [0.1, 0.15) is 5.75 Å². The number of carbonyl (C=O) groups excluding carboxylic acids is 1. The number of aliphatic hydroxyl groups excluding tert-OH is 1. The van der Waals surface area contributed by atoms with E-state index < -0.39 is 12.1 Å². The smallest absolute Gasteiger partial charge is 0.335 e. The van der Waals surface area contributed by atoms with Crippen LogP contribution < -0.4 is 19.5 Å². The number of carboxylic acid groups (broad SMARTS) is 1. The number of β-amino-alcohol motifs (C(OH)–C–C–N with tert-alkyl or cyclic N) is 1. The van der Waals surface area contributed by atoms with Gasteiger partial charge in [0.05, 0.1) is 37.1 Å². The first-order chi connectivity index (χ1) is 17.9. The van der Waals surface area contributed by atoms with Crippen LogP contribution in [-0.2, 0) is 0 Å². The number of ether oxygens (including phenoxy) is 3. The van der Waals surface area contributed by atoms with Crippen LogP contribution in [0, 0.1) is 12.8 Å². The van der Waals surface area contributed by atoms with E-state index in [4.69, 9.17) is 19.3 Å². The lowest BCUT2D eigenvalue weighted by atomic mass is 9.93.